The number of aliphatic imine (C=N–C) groups is 1. The number of H-pyrrole nitrogens is 1. The van der Waals surface area contributed by atoms with E-state index in [0.717, 1.165) is 0 Å². The van der Waals surface area contributed by atoms with Crippen molar-refractivity contribution in [2.75, 3.05) is 26.3 Å². The zero-order chi connectivity index (χ0) is 49.1. The van der Waals surface area contributed by atoms with Crippen molar-refractivity contribution in [1.29, 1.82) is 0 Å². The van der Waals surface area contributed by atoms with Crippen molar-refractivity contribution in [3.05, 3.63) is 48.0 Å². The smallest absolute Gasteiger partial charge is 0.469 e. The molecule has 8 atom stereocenters. The number of aromatic hydroxyl groups is 1. The van der Waals surface area contributed by atoms with E-state index in [4.69, 9.17) is 17.2 Å². The van der Waals surface area contributed by atoms with E-state index < -0.39 is 111 Å². The maximum atomic E-state index is 14.2. The van der Waals surface area contributed by atoms with Crippen LogP contribution in [-0.4, -0.2) is 163 Å². The van der Waals surface area contributed by atoms with Gasteiger partial charge in [0.2, 0.25) is 41.4 Å². The summed E-state index contributed by atoms with van der Waals surface area (Å²) in [5, 5.41) is 34.4. The quantitative estimate of drug-likeness (QED) is 0.0138. The highest BCUT2D eigenvalue weighted by molar-refractivity contribution is 7.46. The number of phosphoric ester groups is 1. The number of nitrogens with one attached hydrogen (secondary N) is 7. The minimum Gasteiger partial charge on any atom is -0.508 e. The Morgan fingerprint density at radius 1 is 0.894 bits per heavy atom. The highest BCUT2D eigenvalue weighted by Gasteiger charge is 2.40. The number of hydrogen-bond acceptors (Lipinski definition) is 15. The second kappa shape index (κ2) is 25.8. The summed E-state index contributed by atoms with van der Waals surface area (Å²) in [6.07, 6.45) is 3.15. The van der Waals surface area contributed by atoms with Gasteiger partial charge in [0.1, 0.15) is 48.3 Å². The van der Waals surface area contributed by atoms with E-state index in [-0.39, 0.29) is 62.6 Å². The van der Waals surface area contributed by atoms with Crippen LogP contribution in [0, 0.1) is 0 Å². The van der Waals surface area contributed by atoms with Crippen LogP contribution in [0.4, 0.5) is 0 Å². The van der Waals surface area contributed by atoms with Crippen LogP contribution in [0.3, 0.4) is 0 Å². The van der Waals surface area contributed by atoms with Crippen molar-refractivity contribution in [2.45, 2.75) is 101 Å². The number of amides is 7. The molecule has 0 spiro atoms. The van der Waals surface area contributed by atoms with E-state index in [1.807, 2.05) is 0 Å². The van der Waals surface area contributed by atoms with Crippen LogP contribution in [0.5, 0.6) is 5.75 Å². The molecule has 1 aromatic heterocycles. The Labute approximate surface area is 378 Å². The van der Waals surface area contributed by atoms with Gasteiger partial charge in [0.25, 0.3) is 0 Å². The predicted octanol–water partition coefficient (Wildman–Crippen LogP) is -5.48. The second-order valence-corrected chi connectivity index (χ2v) is 16.5. The maximum Gasteiger partial charge on any atom is 0.469 e. The Balaban J connectivity index is 1.91. The van der Waals surface area contributed by atoms with Crippen molar-refractivity contribution in [3.63, 3.8) is 0 Å². The number of phenolic OH excluding ortho intramolecular Hbond substituents is 1. The normalized spacial score (nSPS) is 16.8. The average Bonchev–Trinajstić information content (AvgIpc) is 3.97. The van der Waals surface area contributed by atoms with Crippen LogP contribution in [0.2, 0.25) is 0 Å². The number of hydrogen-bond donors (Lipinski definition) is 14. The summed E-state index contributed by atoms with van der Waals surface area (Å²) >= 11 is 0. The average molecular weight is 952 g/mol. The molecule has 1 aliphatic rings. The van der Waals surface area contributed by atoms with Gasteiger partial charge in [-0.25, -0.2) is 9.55 Å². The number of phenols is 1. The molecule has 2 heterocycles. The Morgan fingerprint density at radius 2 is 1.48 bits per heavy atom. The van der Waals surface area contributed by atoms with Crippen LogP contribution in [0.1, 0.15) is 50.8 Å². The van der Waals surface area contributed by atoms with Gasteiger partial charge in [-0.15, -0.1) is 0 Å². The summed E-state index contributed by atoms with van der Waals surface area (Å²) in [6, 6.07) is -5.61. The first kappa shape index (κ1) is 53.8. The lowest BCUT2D eigenvalue weighted by Crippen LogP contribution is -2.61. The van der Waals surface area contributed by atoms with E-state index in [1.165, 1.54) is 55.5 Å². The van der Waals surface area contributed by atoms with Gasteiger partial charge in [-0.05, 0) is 57.2 Å². The molecule has 7 amide bonds. The number of aliphatic hydroxyl groups is 1. The van der Waals surface area contributed by atoms with Crippen LogP contribution in [0.25, 0.3) is 0 Å². The molecule has 1 saturated heterocycles. The Hall–Kier alpha value is -6.51. The Morgan fingerprint density at radius 3 is 2.08 bits per heavy atom. The molecule has 1 aliphatic heterocycles. The third-order valence-electron chi connectivity index (χ3n) is 9.86. The van der Waals surface area contributed by atoms with Gasteiger partial charge in [0.05, 0.1) is 31.6 Å². The molecule has 27 nitrogen and oxygen atoms in total. The standard InChI is InChI=1S/C38H58N13O14P/c1-20(16-52)45-36(60)30-6-4-12-51(30)37(61)27(13-22-7-9-24(54)10-8-22)48-35(59)29(18-65-66(62,63)64)50-33(57)26(14-23-15-42-19-44-23)47-34(58)28(17-53)49-32(56)25(46-31(55)21(2)39)5-3-11-43-38(40)41/h7-10,15-16,19-21,25-30,53-54H,3-6,11-14,17-18,39H2,1-2H3,(H,42,44)(H,45,60)(H,46,55)(H,47,58)(H,48,59)(H,49,56)(H,50,57)(H4,40,41,43)(H2,62,63,64)/t20-,21-,25-,26-,27-,28-,29-,30-/m0/s1. The summed E-state index contributed by atoms with van der Waals surface area (Å²) in [7, 11) is -5.33. The number of nitrogens with zero attached hydrogens (tertiary/aromatic N) is 3. The fourth-order valence-corrected chi connectivity index (χ4v) is 6.81. The number of imidazole rings is 1. The molecule has 0 saturated carbocycles. The number of benzene rings is 1. The van der Waals surface area contributed by atoms with Crippen molar-refractivity contribution in [2.24, 2.45) is 22.2 Å². The molecule has 0 bridgehead atoms. The fourth-order valence-electron chi connectivity index (χ4n) is 6.46. The topological polar surface area (TPSA) is 438 Å². The number of aromatic nitrogens is 2. The first-order valence-corrected chi connectivity index (χ1v) is 22.1. The summed E-state index contributed by atoms with van der Waals surface area (Å²) in [5.74, 6) is -6.90. The Kier molecular flexibility index (Phi) is 21.1. The molecule has 2 aromatic rings. The highest BCUT2D eigenvalue weighted by atomic mass is 31.2. The van der Waals surface area contributed by atoms with Crippen molar-refractivity contribution >= 4 is 61.4 Å². The van der Waals surface area contributed by atoms with Crippen molar-refractivity contribution in [3.8, 4) is 5.75 Å². The second-order valence-electron chi connectivity index (χ2n) is 15.3. The summed E-state index contributed by atoms with van der Waals surface area (Å²) in [4.78, 5) is 137. The predicted molar refractivity (Wildman–Crippen MR) is 231 cm³/mol. The summed E-state index contributed by atoms with van der Waals surface area (Å²) < 4.78 is 16.5. The van der Waals surface area contributed by atoms with E-state index in [2.05, 4.69) is 51.4 Å². The number of likely N-dealkylation sites (tertiary alicyclic amines) is 1. The number of phosphoric acid groups is 1. The van der Waals surface area contributed by atoms with Crippen molar-refractivity contribution in [1.82, 2.24) is 46.8 Å². The van der Waals surface area contributed by atoms with Gasteiger partial charge in [-0.3, -0.25) is 43.1 Å². The molecular weight excluding hydrogens is 893 g/mol. The fraction of sp³-hybridized carbons (Fsp3) is 0.526. The Bertz CT molecular complexity index is 2060. The lowest BCUT2D eigenvalue weighted by Gasteiger charge is -2.30. The number of aliphatic hydroxyl groups excluding tert-OH is 1. The molecule has 66 heavy (non-hydrogen) atoms. The van der Waals surface area contributed by atoms with Crippen LogP contribution < -0.4 is 49.1 Å². The molecular formula is C38H58N13O14P. The lowest BCUT2D eigenvalue weighted by atomic mass is 10.0. The molecule has 3 rings (SSSR count). The number of nitrogens with two attached hydrogens (primary N) is 3. The van der Waals surface area contributed by atoms with Crippen LogP contribution in [0.15, 0.2) is 41.8 Å². The number of guanidine groups is 1. The maximum absolute atomic E-state index is 14.2. The van der Waals surface area contributed by atoms with Gasteiger partial charge < -0.3 is 83.8 Å². The molecule has 0 radical (unpaired) electrons. The van der Waals surface area contributed by atoms with Gasteiger partial charge in [0, 0.05) is 37.8 Å². The molecule has 0 unspecified atom stereocenters. The van der Waals surface area contributed by atoms with E-state index in [1.54, 1.807) is 0 Å². The number of carbonyl (C=O) groups excluding carboxylic acids is 8. The first-order valence-electron chi connectivity index (χ1n) is 20.6. The largest absolute Gasteiger partial charge is 0.508 e. The lowest BCUT2D eigenvalue weighted by molar-refractivity contribution is -0.142. The zero-order valence-electron chi connectivity index (χ0n) is 36.1. The van der Waals surface area contributed by atoms with Gasteiger partial charge in [-0.1, -0.05) is 12.1 Å². The molecule has 1 aromatic carbocycles. The zero-order valence-corrected chi connectivity index (χ0v) is 37.0. The first-order chi connectivity index (χ1) is 31.1. The third-order valence-corrected chi connectivity index (χ3v) is 10.4. The minimum absolute atomic E-state index is 0.0398. The van der Waals surface area contributed by atoms with Crippen LogP contribution in [-0.2, 0) is 60.3 Å². The number of carbonyl (C=O) groups is 8. The molecule has 364 valence electrons. The molecule has 28 heteroatoms. The van der Waals surface area contributed by atoms with E-state index in [9.17, 15) is 62.9 Å². The SMILES string of the molecule is C[C@H](N)C(=O)N[C@@H](CCCN=C(N)N)C(=O)N[C@@H](CO)C(=O)N[C@@H](Cc1cnc[nH]1)C(=O)N[C@@H](COP(=O)(O)O)C(=O)N[C@@H](Cc1ccc(O)cc1)C(=O)N1CCC[C@H]1C(=O)N[C@@H](C)C=O. The molecule has 17 N–H and O–H groups in total. The van der Waals surface area contributed by atoms with Gasteiger partial charge in [0.15, 0.2) is 5.96 Å². The third kappa shape index (κ3) is 17.8. The monoisotopic (exact) mass is 951 g/mol. The molecule has 1 fully saturated rings. The number of aromatic amines is 1. The van der Waals surface area contributed by atoms with Crippen molar-refractivity contribution < 1.29 is 67.4 Å². The van der Waals surface area contributed by atoms with Crippen LogP contribution >= 0.6 is 7.82 Å². The number of rotatable bonds is 26. The number of aldehydes is 1. The van der Waals surface area contributed by atoms with E-state index >= 15 is 0 Å². The highest BCUT2D eigenvalue weighted by Crippen LogP contribution is 2.35. The summed E-state index contributed by atoms with van der Waals surface area (Å²) in [5.41, 5.74) is 17.0. The minimum atomic E-state index is -5.33. The van der Waals surface area contributed by atoms with Gasteiger partial charge >= 0.3 is 7.82 Å². The van der Waals surface area contributed by atoms with Gasteiger partial charge in [-0.2, -0.15) is 0 Å². The molecule has 0 aliphatic carbocycles. The summed E-state index contributed by atoms with van der Waals surface area (Å²) in [6.45, 7) is 0.742. The van der Waals surface area contributed by atoms with E-state index in [0.29, 0.717) is 18.3 Å².